The zero-order chi connectivity index (χ0) is 13.3. The molecule has 1 amide bonds. The van der Waals surface area contributed by atoms with Crippen LogP contribution in [0.5, 0.6) is 0 Å². The smallest absolute Gasteiger partial charge is 0.323 e. The van der Waals surface area contributed by atoms with Crippen LogP contribution in [0.25, 0.3) is 0 Å². The second-order valence-electron chi connectivity index (χ2n) is 4.70. The molecule has 0 unspecified atom stereocenters. The van der Waals surface area contributed by atoms with E-state index in [0.717, 1.165) is 24.4 Å². The molecule has 0 aliphatic heterocycles. The molecular formula is C11H15N3O3S. The first-order chi connectivity index (χ1) is 8.50. The fraction of sp³-hybridized carbons (Fsp3) is 0.636. The predicted octanol–water partition coefficient (Wildman–Crippen LogP) is 1.35. The van der Waals surface area contributed by atoms with Crippen molar-refractivity contribution < 1.29 is 14.7 Å². The van der Waals surface area contributed by atoms with Crippen molar-refractivity contribution >= 4 is 23.4 Å². The monoisotopic (exact) mass is 269 g/mol. The van der Waals surface area contributed by atoms with Crippen molar-refractivity contribution in [3.63, 3.8) is 0 Å². The molecule has 1 aliphatic rings. The van der Waals surface area contributed by atoms with Gasteiger partial charge in [0.15, 0.2) is 0 Å². The molecule has 1 fully saturated rings. The SMILES string of the molecule is CC(C)c1nnsc1C(=O)N(CC(=O)O)C1CC1. The van der Waals surface area contributed by atoms with Crippen LogP contribution < -0.4 is 0 Å². The van der Waals surface area contributed by atoms with Crippen molar-refractivity contribution in [1.82, 2.24) is 14.5 Å². The van der Waals surface area contributed by atoms with E-state index in [1.54, 1.807) is 0 Å². The summed E-state index contributed by atoms with van der Waals surface area (Å²) in [6.07, 6.45) is 1.75. The molecule has 2 rings (SSSR count). The number of rotatable bonds is 5. The molecule has 1 N–H and O–H groups in total. The predicted molar refractivity (Wildman–Crippen MR) is 65.7 cm³/mol. The number of carbonyl (C=O) groups excluding carboxylic acids is 1. The molecule has 1 saturated carbocycles. The summed E-state index contributed by atoms with van der Waals surface area (Å²) in [5.41, 5.74) is 0.654. The summed E-state index contributed by atoms with van der Waals surface area (Å²) in [6.45, 7) is 3.62. The van der Waals surface area contributed by atoms with Crippen LogP contribution in [0, 0.1) is 0 Å². The van der Waals surface area contributed by atoms with Gasteiger partial charge in [0.1, 0.15) is 11.4 Å². The van der Waals surface area contributed by atoms with E-state index < -0.39 is 5.97 Å². The number of carbonyl (C=O) groups is 2. The fourth-order valence-corrected chi connectivity index (χ4v) is 2.53. The van der Waals surface area contributed by atoms with Crippen LogP contribution in [0.3, 0.4) is 0 Å². The first-order valence-corrected chi connectivity index (χ1v) is 6.63. The molecule has 0 spiro atoms. The van der Waals surface area contributed by atoms with Crippen molar-refractivity contribution in [3.8, 4) is 0 Å². The van der Waals surface area contributed by atoms with Gasteiger partial charge in [-0.05, 0) is 30.3 Å². The van der Waals surface area contributed by atoms with Crippen LogP contribution in [-0.2, 0) is 4.79 Å². The van der Waals surface area contributed by atoms with Gasteiger partial charge in [0.2, 0.25) is 0 Å². The van der Waals surface area contributed by atoms with Gasteiger partial charge in [-0.15, -0.1) is 5.10 Å². The molecular weight excluding hydrogens is 254 g/mol. The summed E-state index contributed by atoms with van der Waals surface area (Å²) in [7, 11) is 0. The van der Waals surface area contributed by atoms with Crippen molar-refractivity contribution in [3.05, 3.63) is 10.6 Å². The van der Waals surface area contributed by atoms with Gasteiger partial charge >= 0.3 is 5.97 Å². The summed E-state index contributed by atoms with van der Waals surface area (Å²) in [4.78, 5) is 25.0. The van der Waals surface area contributed by atoms with Crippen molar-refractivity contribution in [2.24, 2.45) is 0 Å². The van der Waals surface area contributed by atoms with Gasteiger partial charge in [-0.2, -0.15) is 0 Å². The van der Waals surface area contributed by atoms with Crippen LogP contribution in [0.1, 0.15) is 48.0 Å². The summed E-state index contributed by atoms with van der Waals surface area (Å²) >= 11 is 1.04. The van der Waals surface area contributed by atoms with Crippen LogP contribution in [0.2, 0.25) is 0 Å². The number of aromatic nitrogens is 2. The Morgan fingerprint density at radius 2 is 2.17 bits per heavy atom. The van der Waals surface area contributed by atoms with Gasteiger partial charge in [-0.25, -0.2) is 0 Å². The molecule has 98 valence electrons. The Balaban J connectivity index is 2.22. The zero-order valence-electron chi connectivity index (χ0n) is 10.3. The van der Waals surface area contributed by atoms with Gasteiger partial charge in [0.05, 0.1) is 5.69 Å². The number of aliphatic carboxylic acids is 1. The maximum Gasteiger partial charge on any atom is 0.323 e. The largest absolute Gasteiger partial charge is 0.480 e. The lowest BCUT2D eigenvalue weighted by Crippen LogP contribution is -2.37. The normalized spacial score (nSPS) is 14.8. The van der Waals surface area contributed by atoms with Gasteiger partial charge in [-0.3, -0.25) is 9.59 Å². The Morgan fingerprint density at radius 3 is 2.67 bits per heavy atom. The van der Waals surface area contributed by atoms with Crippen LogP contribution in [-0.4, -0.2) is 44.1 Å². The minimum absolute atomic E-state index is 0.0655. The Kier molecular flexibility index (Phi) is 3.60. The molecule has 1 aromatic heterocycles. The van der Waals surface area contributed by atoms with Crippen molar-refractivity contribution in [2.45, 2.75) is 38.6 Å². The van der Waals surface area contributed by atoms with Crippen molar-refractivity contribution in [2.75, 3.05) is 6.54 Å². The number of hydrogen-bond acceptors (Lipinski definition) is 5. The molecule has 0 saturated heterocycles. The number of amides is 1. The summed E-state index contributed by atoms with van der Waals surface area (Å²) < 4.78 is 3.80. The molecule has 0 bridgehead atoms. The highest BCUT2D eigenvalue weighted by Gasteiger charge is 2.36. The van der Waals surface area contributed by atoms with E-state index in [1.807, 2.05) is 13.8 Å². The highest BCUT2D eigenvalue weighted by molar-refractivity contribution is 7.08. The average Bonchev–Trinajstić information content (AvgIpc) is 3.00. The third kappa shape index (κ3) is 2.66. The van der Waals surface area contributed by atoms with Gasteiger partial charge in [-0.1, -0.05) is 18.3 Å². The van der Waals surface area contributed by atoms with E-state index in [1.165, 1.54) is 4.90 Å². The molecule has 1 aromatic rings. The Morgan fingerprint density at radius 1 is 1.50 bits per heavy atom. The molecule has 7 heteroatoms. The van der Waals surface area contributed by atoms with E-state index >= 15 is 0 Å². The Bertz CT molecular complexity index is 468. The summed E-state index contributed by atoms with van der Waals surface area (Å²) in [6, 6.07) is 0.0655. The summed E-state index contributed by atoms with van der Waals surface area (Å²) in [5, 5.41) is 12.8. The second kappa shape index (κ2) is 5.01. The second-order valence-corrected chi connectivity index (χ2v) is 5.45. The molecule has 0 atom stereocenters. The fourth-order valence-electron chi connectivity index (χ4n) is 1.75. The number of carboxylic acid groups (broad SMARTS) is 1. The third-order valence-electron chi connectivity index (χ3n) is 2.81. The van der Waals surface area contributed by atoms with Gasteiger partial charge < -0.3 is 10.0 Å². The summed E-state index contributed by atoms with van der Waals surface area (Å²) in [5.74, 6) is -1.13. The Labute approximate surface area is 109 Å². The quantitative estimate of drug-likeness (QED) is 0.872. The number of hydrogen-bond donors (Lipinski definition) is 1. The van der Waals surface area contributed by atoms with E-state index in [0.29, 0.717) is 10.6 Å². The minimum atomic E-state index is -0.987. The van der Waals surface area contributed by atoms with E-state index in [-0.39, 0.29) is 24.4 Å². The molecule has 18 heavy (non-hydrogen) atoms. The highest BCUT2D eigenvalue weighted by Crippen LogP contribution is 2.30. The maximum atomic E-state index is 12.3. The first-order valence-electron chi connectivity index (χ1n) is 5.85. The number of carboxylic acids is 1. The van der Waals surface area contributed by atoms with Gasteiger partial charge in [0.25, 0.3) is 5.91 Å². The lowest BCUT2D eigenvalue weighted by Gasteiger charge is -2.19. The lowest BCUT2D eigenvalue weighted by atomic mass is 10.1. The molecule has 1 heterocycles. The van der Waals surface area contributed by atoms with E-state index in [9.17, 15) is 9.59 Å². The van der Waals surface area contributed by atoms with E-state index in [2.05, 4.69) is 9.59 Å². The minimum Gasteiger partial charge on any atom is -0.480 e. The van der Waals surface area contributed by atoms with E-state index in [4.69, 9.17) is 5.11 Å². The molecule has 6 nitrogen and oxygen atoms in total. The van der Waals surface area contributed by atoms with Crippen LogP contribution in [0.15, 0.2) is 0 Å². The molecule has 0 aromatic carbocycles. The van der Waals surface area contributed by atoms with Crippen LogP contribution in [0.4, 0.5) is 0 Å². The lowest BCUT2D eigenvalue weighted by molar-refractivity contribution is -0.137. The first kappa shape index (κ1) is 12.9. The highest BCUT2D eigenvalue weighted by atomic mass is 32.1. The molecule has 0 radical (unpaired) electrons. The Hall–Kier alpha value is -1.50. The van der Waals surface area contributed by atoms with Crippen molar-refractivity contribution in [1.29, 1.82) is 0 Å². The molecule has 1 aliphatic carbocycles. The third-order valence-corrected chi connectivity index (χ3v) is 3.54. The standard InChI is InChI=1S/C11H15N3O3S/c1-6(2)9-10(18-13-12-9)11(17)14(5-8(15)16)7-3-4-7/h6-7H,3-5H2,1-2H3,(H,15,16). The van der Waals surface area contributed by atoms with Gasteiger partial charge in [0, 0.05) is 6.04 Å². The van der Waals surface area contributed by atoms with Crippen LogP contribution >= 0.6 is 11.5 Å². The maximum absolute atomic E-state index is 12.3. The average molecular weight is 269 g/mol. The zero-order valence-corrected chi connectivity index (χ0v) is 11.1. The number of nitrogens with zero attached hydrogens (tertiary/aromatic N) is 3. The topological polar surface area (TPSA) is 83.4 Å².